The molecule has 3 atom stereocenters. The van der Waals surface area contributed by atoms with Gasteiger partial charge in [-0.3, -0.25) is 0 Å². The number of aliphatic hydroxyl groups is 1. The summed E-state index contributed by atoms with van der Waals surface area (Å²) in [7, 11) is 1.64. The van der Waals surface area contributed by atoms with Gasteiger partial charge in [0.05, 0.1) is 0 Å². The lowest BCUT2D eigenvalue weighted by atomic mass is 9.78. The van der Waals surface area contributed by atoms with Gasteiger partial charge in [-0.25, -0.2) is 10.3 Å². The van der Waals surface area contributed by atoms with Crippen molar-refractivity contribution in [2.45, 2.75) is 44.6 Å². The Labute approximate surface area is 171 Å². The number of nitrogens with zero attached hydrogens (tertiary/aromatic N) is 1. The van der Waals surface area contributed by atoms with E-state index in [0.29, 0.717) is 11.8 Å². The van der Waals surface area contributed by atoms with Crippen LogP contribution < -0.4 is 10.6 Å². The zero-order chi connectivity index (χ0) is 19.8. The fourth-order valence-corrected chi connectivity index (χ4v) is 4.63. The standard InChI is InChI=1S/C24H27N3O2/c1-29-24-26-22(25-23(27-24)20-8-4-5-9-21(20)28)18-11-10-17-12-15-6-2-3-7-16(15)13-19(17)14-18/h3,5,7,9-12,14,16,22,24,26,28H,2,4,6,8,13H2,1H3,(H,25,27). The van der Waals surface area contributed by atoms with Gasteiger partial charge in [-0.15, -0.1) is 0 Å². The summed E-state index contributed by atoms with van der Waals surface area (Å²) in [5, 5.41) is 17.2. The number of nitrogens with one attached hydrogen (secondary N) is 2. The summed E-state index contributed by atoms with van der Waals surface area (Å²) in [5.41, 5.74) is 6.27. The molecule has 150 valence electrons. The van der Waals surface area contributed by atoms with E-state index in [2.05, 4.69) is 52.1 Å². The van der Waals surface area contributed by atoms with Crippen LogP contribution in [0.5, 0.6) is 0 Å². The van der Waals surface area contributed by atoms with Crippen LogP contribution in [-0.2, 0) is 11.2 Å². The van der Waals surface area contributed by atoms with E-state index in [1.165, 1.54) is 17.5 Å². The summed E-state index contributed by atoms with van der Waals surface area (Å²) in [6, 6.07) is 6.69. The fourth-order valence-electron chi connectivity index (χ4n) is 4.63. The Bertz CT molecular complexity index is 970. The topological polar surface area (TPSA) is 65.9 Å². The van der Waals surface area contributed by atoms with Crippen molar-refractivity contribution in [2.75, 3.05) is 7.11 Å². The van der Waals surface area contributed by atoms with Crippen molar-refractivity contribution in [2.24, 2.45) is 10.9 Å². The first-order valence-corrected chi connectivity index (χ1v) is 10.4. The monoisotopic (exact) mass is 389 g/mol. The third-order valence-corrected chi connectivity index (χ3v) is 6.22. The van der Waals surface area contributed by atoms with Crippen molar-refractivity contribution in [3.05, 3.63) is 76.1 Å². The van der Waals surface area contributed by atoms with Gasteiger partial charge in [0.2, 0.25) is 6.35 Å². The van der Waals surface area contributed by atoms with Crippen molar-refractivity contribution in [1.82, 2.24) is 10.6 Å². The Morgan fingerprint density at radius 2 is 2.07 bits per heavy atom. The SMILES string of the molecule is COC1N=C(C2=C(O)C=CCC2)NC(c2ccc3c(c2)CC2C=CCCC2=C3)N1. The number of hydrogen-bond acceptors (Lipinski definition) is 5. The smallest absolute Gasteiger partial charge is 0.208 e. The number of hydrogen-bond donors (Lipinski definition) is 3. The zero-order valence-electron chi connectivity index (χ0n) is 16.7. The van der Waals surface area contributed by atoms with Crippen LogP contribution >= 0.6 is 0 Å². The first-order chi connectivity index (χ1) is 14.2. The van der Waals surface area contributed by atoms with Crippen LogP contribution in [-0.4, -0.2) is 24.4 Å². The van der Waals surface area contributed by atoms with Gasteiger partial charge >= 0.3 is 0 Å². The average Bonchev–Trinajstić information content (AvgIpc) is 2.77. The maximum atomic E-state index is 10.3. The molecule has 5 heteroatoms. The number of methoxy groups -OCH3 is 1. The molecule has 1 aromatic rings. The van der Waals surface area contributed by atoms with E-state index in [1.54, 1.807) is 18.8 Å². The predicted octanol–water partition coefficient (Wildman–Crippen LogP) is 4.27. The highest BCUT2D eigenvalue weighted by Gasteiger charge is 2.28. The van der Waals surface area contributed by atoms with E-state index in [9.17, 15) is 5.11 Å². The van der Waals surface area contributed by atoms with Gasteiger partial charge in [0.1, 0.15) is 17.8 Å². The van der Waals surface area contributed by atoms with Crippen LogP contribution in [0.3, 0.4) is 0 Å². The molecule has 5 rings (SSSR count). The molecule has 0 saturated carbocycles. The van der Waals surface area contributed by atoms with Crippen LogP contribution in [0.2, 0.25) is 0 Å². The number of fused-ring (bicyclic) bond motifs is 2. The number of rotatable bonds is 3. The largest absolute Gasteiger partial charge is 0.508 e. The third-order valence-electron chi connectivity index (χ3n) is 6.22. The summed E-state index contributed by atoms with van der Waals surface area (Å²) in [4.78, 5) is 4.59. The lowest BCUT2D eigenvalue weighted by Crippen LogP contribution is -2.49. The molecule has 3 unspecified atom stereocenters. The highest BCUT2D eigenvalue weighted by Crippen LogP contribution is 2.36. The second kappa shape index (κ2) is 7.65. The van der Waals surface area contributed by atoms with Gasteiger partial charge < -0.3 is 15.2 Å². The average molecular weight is 389 g/mol. The predicted molar refractivity (Wildman–Crippen MR) is 115 cm³/mol. The summed E-state index contributed by atoms with van der Waals surface area (Å²) < 4.78 is 5.50. The van der Waals surface area contributed by atoms with Crippen molar-refractivity contribution < 1.29 is 9.84 Å². The molecule has 1 heterocycles. The van der Waals surface area contributed by atoms with Gasteiger partial charge in [0.25, 0.3) is 0 Å². The van der Waals surface area contributed by atoms with Crippen LogP contribution in [0.25, 0.3) is 6.08 Å². The van der Waals surface area contributed by atoms with E-state index in [4.69, 9.17) is 4.74 Å². The van der Waals surface area contributed by atoms with E-state index >= 15 is 0 Å². The number of aliphatic hydroxyl groups excluding tert-OH is 1. The molecule has 0 fully saturated rings. The molecule has 0 radical (unpaired) electrons. The molecule has 4 aliphatic rings. The molecule has 0 spiro atoms. The molecule has 3 N–H and O–H groups in total. The van der Waals surface area contributed by atoms with E-state index in [0.717, 1.165) is 36.8 Å². The lowest BCUT2D eigenvalue weighted by molar-refractivity contribution is 0.0617. The first-order valence-electron chi connectivity index (χ1n) is 10.4. The molecule has 0 aromatic heterocycles. The maximum Gasteiger partial charge on any atom is 0.208 e. The number of allylic oxidation sites excluding steroid dienone is 5. The molecule has 3 aliphatic carbocycles. The molecular formula is C24H27N3O2. The third kappa shape index (κ3) is 3.56. The molecule has 0 amide bonds. The van der Waals surface area contributed by atoms with Gasteiger partial charge in [-0.05, 0) is 54.9 Å². The van der Waals surface area contributed by atoms with Crippen LogP contribution in [0.4, 0.5) is 0 Å². The number of benzene rings is 1. The van der Waals surface area contributed by atoms with Crippen molar-refractivity contribution >= 4 is 11.9 Å². The quantitative estimate of drug-likeness (QED) is 0.676. The van der Waals surface area contributed by atoms with Crippen molar-refractivity contribution in [3.63, 3.8) is 0 Å². The normalized spacial score (nSPS) is 28.2. The van der Waals surface area contributed by atoms with Crippen LogP contribution in [0, 0.1) is 5.92 Å². The van der Waals surface area contributed by atoms with E-state index in [-0.39, 0.29) is 11.9 Å². The Kier molecular flexibility index (Phi) is 4.86. The summed E-state index contributed by atoms with van der Waals surface area (Å²) in [6.45, 7) is 0. The highest BCUT2D eigenvalue weighted by molar-refractivity contribution is 6.00. The van der Waals surface area contributed by atoms with E-state index < -0.39 is 6.35 Å². The van der Waals surface area contributed by atoms with Gasteiger partial charge in [-0.1, -0.05) is 48.1 Å². The number of amidine groups is 1. The maximum absolute atomic E-state index is 10.3. The Balaban J connectivity index is 1.44. The highest BCUT2D eigenvalue weighted by atomic mass is 16.5. The summed E-state index contributed by atoms with van der Waals surface area (Å²) in [6.07, 6.45) is 15.3. The van der Waals surface area contributed by atoms with Gasteiger partial charge in [0, 0.05) is 18.6 Å². The Morgan fingerprint density at radius 1 is 1.17 bits per heavy atom. The second-order valence-corrected chi connectivity index (χ2v) is 8.07. The molecule has 5 nitrogen and oxygen atoms in total. The van der Waals surface area contributed by atoms with Crippen molar-refractivity contribution in [3.8, 4) is 0 Å². The van der Waals surface area contributed by atoms with Gasteiger partial charge in [0.15, 0.2) is 0 Å². The molecule has 0 saturated heterocycles. The Morgan fingerprint density at radius 3 is 2.93 bits per heavy atom. The first kappa shape index (κ1) is 18.4. The number of ether oxygens (including phenoxy) is 1. The minimum atomic E-state index is -0.453. The van der Waals surface area contributed by atoms with E-state index in [1.807, 2.05) is 6.08 Å². The summed E-state index contributed by atoms with van der Waals surface area (Å²) >= 11 is 0. The second-order valence-electron chi connectivity index (χ2n) is 8.07. The molecule has 0 bridgehead atoms. The van der Waals surface area contributed by atoms with Crippen LogP contribution in [0.1, 0.15) is 48.5 Å². The molecular weight excluding hydrogens is 362 g/mol. The number of aliphatic imine (C=N–C) groups is 1. The lowest BCUT2D eigenvalue weighted by Gasteiger charge is -2.33. The molecule has 1 aromatic carbocycles. The fraction of sp³-hybridized carbons (Fsp3) is 0.375. The van der Waals surface area contributed by atoms with Crippen LogP contribution in [0.15, 0.2) is 64.4 Å². The zero-order valence-corrected chi connectivity index (χ0v) is 16.7. The summed E-state index contributed by atoms with van der Waals surface area (Å²) in [5.74, 6) is 1.53. The minimum absolute atomic E-state index is 0.128. The Hall–Kier alpha value is -2.63. The van der Waals surface area contributed by atoms with Gasteiger partial charge in [-0.2, -0.15) is 0 Å². The van der Waals surface area contributed by atoms with Crippen molar-refractivity contribution in [1.29, 1.82) is 0 Å². The minimum Gasteiger partial charge on any atom is -0.508 e. The molecule has 29 heavy (non-hydrogen) atoms. The molecule has 1 aliphatic heterocycles.